The summed E-state index contributed by atoms with van der Waals surface area (Å²) in [4.78, 5) is 25.8. The third-order valence-corrected chi connectivity index (χ3v) is 6.98. The molecule has 0 amide bonds. The van der Waals surface area contributed by atoms with Crippen LogP contribution in [0.4, 0.5) is 0 Å². The molecule has 0 aliphatic heterocycles. The van der Waals surface area contributed by atoms with Gasteiger partial charge in [0.25, 0.3) is 0 Å². The van der Waals surface area contributed by atoms with E-state index in [4.69, 9.17) is 9.47 Å². The molecule has 0 saturated heterocycles. The molecule has 5 atom stereocenters. The van der Waals surface area contributed by atoms with Crippen LogP contribution in [-0.2, 0) is 19.1 Å². The number of hydrogen-bond acceptors (Lipinski definition) is 4. The molecule has 0 aromatic carbocycles. The minimum Gasteiger partial charge on any atom is -0.465 e. The zero-order chi connectivity index (χ0) is 21.2. The fourth-order valence-electron chi connectivity index (χ4n) is 4.81. The molecule has 29 heavy (non-hydrogen) atoms. The number of ether oxygens (including phenoxy) is 2. The van der Waals surface area contributed by atoms with E-state index in [2.05, 4.69) is 33.8 Å². The summed E-state index contributed by atoms with van der Waals surface area (Å²) in [5.74, 6) is -0.108. The zero-order valence-corrected chi connectivity index (χ0v) is 19.1. The maximum Gasteiger partial charge on any atom is 0.313 e. The molecule has 4 nitrogen and oxygen atoms in total. The molecule has 1 saturated carbocycles. The lowest BCUT2D eigenvalue weighted by atomic mass is 9.83. The van der Waals surface area contributed by atoms with Gasteiger partial charge in [-0.3, -0.25) is 9.59 Å². The second-order valence-corrected chi connectivity index (χ2v) is 9.08. The van der Waals surface area contributed by atoms with E-state index < -0.39 is 5.92 Å². The smallest absolute Gasteiger partial charge is 0.313 e. The average molecular weight is 407 g/mol. The third-order valence-electron chi connectivity index (χ3n) is 6.98. The minimum absolute atomic E-state index is 0.187. The van der Waals surface area contributed by atoms with Crippen molar-refractivity contribution in [2.24, 2.45) is 29.6 Å². The van der Waals surface area contributed by atoms with Crippen molar-refractivity contribution in [1.82, 2.24) is 0 Å². The maximum absolute atomic E-state index is 12.9. The Balaban J connectivity index is 1.92. The Morgan fingerprint density at radius 2 is 1.48 bits per heavy atom. The van der Waals surface area contributed by atoms with Crippen LogP contribution in [0.25, 0.3) is 0 Å². The van der Waals surface area contributed by atoms with Gasteiger partial charge < -0.3 is 9.47 Å². The second kappa shape index (κ2) is 12.4. The van der Waals surface area contributed by atoms with Gasteiger partial charge in [0.05, 0.1) is 25.0 Å². The summed E-state index contributed by atoms with van der Waals surface area (Å²) in [6, 6.07) is 0. The molecule has 0 spiro atoms. The predicted octanol–water partition coefficient (Wildman–Crippen LogP) is 6.09. The van der Waals surface area contributed by atoms with E-state index in [1.807, 2.05) is 0 Å². The summed E-state index contributed by atoms with van der Waals surface area (Å²) < 4.78 is 11.5. The molecule has 1 fully saturated rings. The standard InChI is InChI=1S/C25H42O4/c1-5-9-11-18(7-3)16-28-24(26)22-20-13-14-21(15-20)23(22)25(27)29-17-19(8-4)12-10-6-2/h13,18-19,21-23H,5-12,14-17H2,1-4H3. The predicted molar refractivity (Wildman–Crippen MR) is 116 cm³/mol. The summed E-state index contributed by atoms with van der Waals surface area (Å²) in [6.45, 7) is 9.62. The maximum atomic E-state index is 12.9. The van der Waals surface area contributed by atoms with Crippen LogP contribution in [0, 0.1) is 29.6 Å². The molecule has 2 rings (SSSR count). The number of allylic oxidation sites excluding steroid dienone is 1. The van der Waals surface area contributed by atoms with Crippen LogP contribution in [0.15, 0.2) is 11.6 Å². The lowest BCUT2D eigenvalue weighted by Crippen LogP contribution is -2.35. The first-order valence-electron chi connectivity index (χ1n) is 12.1. The fraction of sp³-hybridized carbons (Fsp3) is 0.840. The quantitative estimate of drug-likeness (QED) is 0.259. The number of hydrogen-bond donors (Lipinski definition) is 0. The van der Waals surface area contributed by atoms with Crippen molar-refractivity contribution in [3.05, 3.63) is 11.6 Å². The zero-order valence-electron chi connectivity index (χ0n) is 19.1. The molecule has 0 radical (unpaired) electrons. The molecule has 0 aromatic heterocycles. The number of rotatable bonds is 14. The van der Waals surface area contributed by atoms with Crippen molar-refractivity contribution < 1.29 is 19.1 Å². The molecule has 2 bridgehead atoms. The van der Waals surface area contributed by atoms with Crippen molar-refractivity contribution in [2.75, 3.05) is 13.2 Å². The van der Waals surface area contributed by atoms with E-state index in [1.165, 1.54) is 6.42 Å². The number of esters is 2. The number of carbonyl (C=O) groups is 2. The summed E-state index contributed by atoms with van der Waals surface area (Å²) >= 11 is 0. The van der Waals surface area contributed by atoms with Gasteiger partial charge in [-0.15, -0.1) is 0 Å². The van der Waals surface area contributed by atoms with E-state index in [1.54, 1.807) is 0 Å². The molecule has 2 aliphatic carbocycles. The van der Waals surface area contributed by atoms with Crippen LogP contribution in [0.3, 0.4) is 0 Å². The highest BCUT2D eigenvalue weighted by Gasteiger charge is 2.51. The lowest BCUT2D eigenvalue weighted by molar-refractivity contribution is -0.161. The Bertz CT molecular complexity index is 553. The molecule has 2 aliphatic rings. The van der Waals surface area contributed by atoms with Crippen LogP contribution in [0.1, 0.15) is 91.9 Å². The molecule has 0 heterocycles. The van der Waals surface area contributed by atoms with Gasteiger partial charge in [-0.2, -0.15) is 0 Å². The SMILES string of the molecule is CCCCC(CC)COC(=O)C1C2=CCC(C2)C1C(=O)OCC(CC)CCCC. The Morgan fingerprint density at radius 1 is 0.931 bits per heavy atom. The van der Waals surface area contributed by atoms with E-state index in [-0.39, 0.29) is 23.8 Å². The van der Waals surface area contributed by atoms with Crippen molar-refractivity contribution in [2.45, 2.75) is 91.9 Å². The fourth-order valence-corrected chi connectivity index (χ4v) is 4.81. The van der Waals surface area contributed by atoms with Crippen molar-refractivity contribution in [1.29, 1.82) is 0 Å². The lowest BCUT2D eigenvalue weighted by Gasteiger charge is -2.26. The van der Waals surface area contributed by atoms with Gasteiger partial charge >= 0.3 is 11.9 Å². The number of carbonyl (C=O) groups excluding carboxylic acids is 2. The highest BCUT2D eigenvalue weighted by Crippen LogP contribution is 2.49. The molecule has 0 aromatic rings. The van der Waals surface area contributed by atoms with Crippen LogP contribution in [0.5, 0.6) is 0 Å². The Morgan fingerprint density at radius 3 is 2.00 bits per heavy atom. The Hall–Kier alpha value is -1.32. The third kappa shape index (κ3) is 6.58. The average Bonchev–Trinajstić information content (AvgIpc) is 3.35. The first kappa shape index (κ1) is 24.0. The van der Waals surface area contributed by atoms with E-state index in [0.717, 1.165) is 63.4 Å². The number of unbranched alkanes of at least 4 members (excludes halogenated alkanes) is 2. The van der Waals surface area contributed by atoms with Crippen LogP contribution < -0.4 is 0 Å². The Labute approximate surface area is 177 Å². The summed E-state index contributed by atoms with van der Waals surface area (Å²) in [6.07, 6.45) is 12.8. The van der Waals surface area contributed by atoms with Crippen LogP contribution >= 0.6 is 0 Å². The van der Waals surface area contributed by atoms with Gasteiger partial charge in [-0.05, 0) is 43.4 Å². The topological polar surface area (TPSA) is 52.6 Å². The highest BCUT2D eigenvalue weighted by atomic mass is 16.5. The van der Waals surface area contributed by atoms with Gasteiger partial charge in [0.15, 0.2) is 0 Å². The van der Waals surface area contributed by atoms with Crippen molar-refractivity contribution in [3.63, 3.8) is 0 Å². The first-order valence-corrected chi connectivity index (χ1v) is 12.1. The largest absolute Gasteiger partial charge is 0.465 e. The molecule has 5 unspecified atom stereocenters. The van der Waals surface area contributed by atoms with E-state index >= 15 is 0 Å². The summed E-state index contributed by atoms with van der Waals surface area (Å²) in [7, 11) is 0. The first-order chi connectivity index (χ1) is 14.0. The molecule has 4 heteroatoms. The van der Waals surface area contributed by atoms with Gasteiger partial charge in [0, 0.05) is 0 Å². The van der Waals surface area contributed by atoms with E-state index in [9.17, 15) is 9.59 Å². The summed E-state index contributed by atoms with van der Waals surface area (Å²) in [5, 5.41) is 0. The number of fused-ring (bicyclic) bond motifs is 2. The van der Waals surface area contributed by atoms with Gasteiger partial charge in [0.2, 0.25) is 0 Å². The van der Waals surface area contributed by atoms with Gasteiger partial charge in [-0.1, -0.05) is 77.9 Å². The van der Waals surface area contributed by atoms with Gasteiger partial charge in [-0.25, -0.2) is 0 Å². The van der Waals surface area contributed by atoms with Crippen LogP contribution in [0.2, 0.25) is 0 Å². The van der Waals surface area contributed by atoms with E-state index in [0.29, 0.717) is 25.0 Å². The normalized spacial score (nSPS) is 24.8. The monoisotopic (exact) mass is 406 g/mol. The van der Waals surface area contributed by atoms with Crippen molar-refractivity contribution in [3.8, 4) is 0 Å². The van der Waals surface area contributed by atoms with Crippen LogP contribution in [-0.4, -0.2) is 25.2 Å². The highest BCUT2D eigenvalue weighted by molar-refractivity contribution is 5.86. The second-order valence-electron chi connectivity index (χ2n) is 9.08. The minimum atomic E-state index is -0.416. The Kier molecular flexibility index (Phi) is 10.2. The summed E-state index contributed by atoms with van der Waals surface area (Å²) in [5.41, 5.74) is 1.10. The van der Waals surface area contributed by atoms with Crippen molar-refractivity contribution >= 4 is 11.9 Å². The molecular weight excluding hydrogens is 364 g/mol. The van der Waals surface area contributed by atoms with Gasteiger partial charge in [0.1, 0.15) is 0 Å². The molecule has 0 N–H and O–H groups in total. The molecular formula is C25H42O4. The molecule has 166 valence electrons.